The van der Waals surface area contributed by atoms with Crippen LogP contribution in [-0.2, 0) is 25.3 Å². The molecule has 1 amide bonds. The van der Waals surface area contributed by atoms with Crippen LogP contribution in [0.25, 0.3) is 0 Å². The van der Waals surface area contributed by atoms with E-state index in [-0.39, 0.29) is 28.9 Å². The van der Waals surface area contributed by atoms with Crippen LogP contribution in [0.15, 0.2) is 47.2 Å². The van der Waals surface area contributed by atoms with Crippen molar-refractivity contribution in [2.75, 3.05) is 4.90 Å². The van der Waals surface area contributed by atoms with Gasteiger partial charge in [0.15, 0.2) is 0 Å². The zero-order valence-corrected chi connectivity index (χ0v) is 17.9. The van der Waals surface area contributed by atoms with Crippen molar-refractivity contribution in [1.29, 1.82) is 0 Å². The third kappa shape index (κ3) is 4.60. The van der Waals surface area contributed by atoms with Gasteiger partial charge in [-0.1, -0.05) is 24.2 Å². The maximum atomic E-state index is 13.6. The zero-order valence-electron chi connectivity index (χ0n) is 17.9. The monoisotopic (exact) mass is 498 g/mol. The number of anilines is 1. The largest absolute Gasteiger partial charge is 0.478 e. The Morgan fingerprint density at radius 3 is 2.43 bits per heavy atom. The van der Waals surface area contributed by atoms with Gasteiger partial charge in [-0.15, -0.1) is 0 Å². The average Bonchev–Trinajstić information content (AvgIpc) is 3.37. The number of halogens is 6. The summed E-state index contributed by atoms with van der Waals surface area (Å²) >= 11 is 0. The molecule has 2 aromatic carbocycles. The molecule has 12 heteroatoms. The molecule has 1 aromatic heterocycles. The van der Waals surface area contributed by atoms with E-state index in [0.717, 1.165) is 11.0 Å². The summed E-state index contributed by atoms with van der Waals surface area (Å²) in [4.78, 5) is 25.3. The van der Waals surface area contributed by atoms with Gasteiger partial charge in [-0.05, 0) is 41.3 Å². The predicted molar refractivity (Wildman–Crippen MR) is 109 cm³/mol. The Morgan fingerprint density at radius 1 is 1.11 bits per heavy atom. The summed E-state index contributed by atoms with van der Waals surface area (Å²) in [7, 11) is 0. The molecule has 1 atom stereocenters. The fraction of sp³-hybridized carbons (Fsp3) is 0.261. The molecule has 0 spiro atoms. The smallest absolute Gasteiger partial charge is 0.421 e. The average molecular weight is 498 g/mol. The molecule has 1 N–H and O–H groups in total. The number of rotatable bonds is 5. The van der Waals surface area contributed by atoms with Crippen LogP contribution in [0.4, 0.5) is 32.0 Å². The van der Waals surface area contributed by atoms with E-state index >= 15 is 0 Å². The fourth-order valence-electron chi connectivity index (χ4n) is 4.04. The van der Waals surface area contributed by atoms with Gasteiger partial charge in [-0.3, -0.25) is 4.79 Å². The number of aromatic nitrogens is 1. The van der Waals surface area contributed by atoms with Crippen LogP contribution in [0.5, 0.6) is 0 Å². The van der Waals surface area contributed by atoms with Gasteiger partial charge in [0.25, 0.3) is 5.91 Å². The molecule has 0 saturated carbocycles. The van der Waals surface area contributed by atoms with E-state index < -0.39 is 53.4 Å². The summed E-state index contributed by atoms with van der Waals surface area (Å²) in [5.74, 6) is -2.92. The molecule has 4 rings (SSSR count). The lowest BCUT2D eigenvalue weighted by Gasteiger charge is -2.19. The number of amides is 1. The Hall–Kier alpha value is -3.83. The van der Waals surface area contributed by atoms with Crippen LogP contribution in [-0.4, -0.2) is 22.1 Å². The van der Waals surface area contributed by atoms with E-state index in [2.05, 4.69) is 9.68 Å². The molecule has 35 heavy (non-hydrogen) atoms. The Balaban J connectivity index is 1.65. The highest BCUT2D eigenvalue weighted by Gasteiger charge is 2.41. The van der Waals surface area contributed by atoms with E-state index in [1.54, 1.807) is 13.0 Å². The minimum Gasteiger partial charge on any atom is -0.478 e. The van der Waals surface area contributed by atoms with Crippen LogP contribution >= 0.6 is 0 Å². The third-order valence-electron chi connectivity index (χ3n) is 5.79. The summed E-state index contributed by atoms with van der Waals surface area (Å²) in [5.41, 5.74) is -3.14. The highest BCUT2D eigenvalue weighted by Crippen LogP contribution is 2.40. The number of hydrogen-bond acceptors (Lipinski definition) is 4. The molecular formula is C23H16F6N2O4. The van der Waals surface area contributed by atoms with Gasteiger partial charge >= 0.3 is 18.3 Å². The molecule has 0 fully saturated rings. The summed E-state index contributed by atoms with van der Waals surface area (Å²) in [6.07, 6.45) is -9.14. The molecule has 0 radical (unpaired) electrons. The van der Waals surface area contributed by atoms with Crippen molar-refractivity contribution in [3.8, 4) is 0 Å². The van der Waals surface area contributed by atoms with Gasteiger partial charge in [0.1, 0.15) is 11.8 Å². The first-order valence-corrected chi connectivity index (χ1v) is 10.2. The number of fused-ring (bicyclic) bond motifs is 1. The topological polar surface area (TPSA) is 83.6 Å². The quantitative estimate of drug-likeness (QED) is 0.442. The van der Waals surface area contributed by atoms with Crippen molar-refractivity contribution in [1.82, 2.24) is 5.16 Å². The van der Waals surface area contributed by atoms with Crippen molar-refractivity contribution in [3.63, 3.8) is 0 Å². The summed E-state index contributed by atoms with van der Waals surface area (Å²) in [5, 5.41) is 12.6. The third-order valence-corrected chi connectivity index (χ3v) is 5.79. The second kappa shape index (κ2) is 8.43. The van der Waals surface area contributed by atoms with Crippen LogP contribution in [0.2, 0.25) is 0 Å². The molecule has 0 aliphatic carbocycles. The zero-order chi connectivity index (χ0) is 25.7. The van der Waals surface area contributed by atoms with Crippen molar-refractivity contribution < 1.29 is 45.6 Å². The molecule has 0 saturated heterocycles. The predicted octanol–water partition coefficient (Wildman–Crippen LogP) is 5.92. The van der Waals surface area contributed by atoms with Gasteiger partial charge in [0.05, 0.1) is 23.4 Å². The molecule has 1 aliphatic heterocycles. The minimum atomic E-state index is -4.88. The van der Waals surface area contributed by atoms with Crippen molar-refractivity contribution in [2.45, 2.75) is 38.2 Å². The second-order valence-electron chi connectivity index (χ2n) is 8.12. The van der Waals surface area contributed by atoms with Crippen LogP contribution < -0.4 is 4.90 Å². The van der Waals surface area contributed by atoms with Crippen molar-refractivity contribution >= 4 is 17.6 Å². The maximum absolute atomic E-state index is 13.6. The summed E-state index contributed by atoms with van der Waals surface area (Å²) < 4.78 is 84.6. The summed E-state index contributed by atoms with van der Waals surface area (Å²) in [6.45, 7) is 1.19. The molecule has 6 nitrogen and oxygen atoms in total. The SMILES string of the molecule is C[C@H](Cc1nocc1C(F)(F)F)c1cccc(N2Cc3c(cc(C(=O)O)cc3C(F)(F)F)C2=O)c1. The van der Waals surface area contributed by atoms with Gasteiger partial charge < -0.3 is 14.5 Å². The molecule has 3 aromatic rings. The highest BCUT2D eigenvalue weighted by molar-refractivity contribution is 6.11. The number of carboxylic acids is 1. The van der Waals surface area contributed by atoms with Crippen LogP contribution in [0.3, 0.4) is 0 Å². The number of nitrogens with zero attached hydrogens (tertiary/aromatic N) is 2. The number of carboxylic acid groups (broad SMARTS) is 1. The normalized spacial score (nSPS) is 14.8. The van der Waals surface area contributed by atoms with E-state index in [0.29, 0.717) is 17.9 Å². The maximum Gasteiger partial charge on any atom is 0.421 e. The van der Waals surface area contributed by atoms with Gasteiger partial charge in [0.2, 0.25) is 0 Å². The molecule has 2 heterocycles. The number of alkyl halides is 6. The first kappa shape index (κ1) is 24.3. The number of aromatic carboxylic acids is 1. The lowest BCUT2D eigenvalue weighted by atomic mass is 9.94. The van der Waals surface area contributed by atoms with Gasteiger partial charge in [-0.25, -0.2) is 4.79 Å². The Morgan fingerprint density at radius 2 is 1.80 bits per heavy atom. The number of carbonyl (C=O) groups excluding carboxylic acids is 1. The van der Waals surface area contributed by atoms with E-state index in [1.807, 2.05) is 0 Å². The number of benzene rings is 2. The minimum absolute atomic E-state index is 0.136. The lowest BCUT2D eigenvalue weighted by Crippen LogP contribution is -2.23. The molecule has 1 aliphatic rings. The van der Waals surface area contributed by atoms with Crippen molar-refractivity contribution in [3.05, 3.63) is 81.7 Å². The first-order chi connectivity index (χ1) is 16.3. The van der Waals surface area contributed by atoms with Crippen molar-refractivity contribution in [2.24, 2.45) is 0 Å². The van der Waals surface area contributed by atoms with E-state index in [9.17, 15) is 41.0 Å². The summed E-state index contributed by atoms with van der Waals surface area (Å²) in [6, 6.07) is 7.50. The Labute approximate surface area is 193 Å². The van der Waals surface area contributed by atoms with Gasteiger partial charge in [0, 0.05) is 17.7 Å². The molecule has 0 bridgehead atoms. The molecular weight excluding hydrogens is 482 g/mol. The number of carbonyl (C=O) groups is 2. The van der Waals surface area contributed by atoms with Crippen LogP contribution in [0, 0.1) is 0 Å². The molecule has 184 valence electrons. The fourth-order valence-corrected chi connectivity index (χ4v) is 4.04. The molecule has 0 unspecified atom stereocenters. The Bertz CT molecular complexity index is 1310. The van der Waals surface area contributed by atoms with Gasteiger partial charge in [-0.2, -0.15) is 26.3 Å². The van der Waals surface area contributed by atoms with E-state index in [1.165, 1.54) is 18.2 Å². The first-order valence-electron chi connectivity index (χ1n) is 10.2. The lowest BCUT2D eigenvalue weighted by molar-refractivity contribution is -0.139. The highest BCUT2D eigenvalue weighted by atomic mass is 19.4. The standard InChI is InChI=1S/C23H16F6N2O4/c1-11(5-19-18(10-35-30-19)23(27,28)29)12-3-2-4-14(6-12)31-9-16-15(20(31)32)7-13(21(33)34)8-17(16)22(24,25)26/h2-4,6-8,10-11H,5,9H2,1H3,(H,33,34)/t11-/m1/s1. The number of hydrogen-bond donors (Lipinski definition) is 1. The Kier molecular flexibility index (Phi) is 5.86. The second-order valence-corrected chi connectivity index (χ2v) is 8.12. The van der Waals surface area contributed by atoms with E-state index in [4.69, 9.17) is 0 Å². The van der Waals surface area contributed by atoms with Crippen LogP contribution in [0.1, 0.15) is 61.5 Å².